The fraction of sp³-hybridized carbons (Fsp3) is 0.639. The SMILES string of the molecule is C.CC[C@@H](C)C(=O)N[C@H]1CC(=O)C[C@H]2CC(C)(C)C(C(=O)N[C@@H]3CCCc4ccccc43)N2C1=O.C[C@@H](C(=O)N[C@H]1CC(=O)C[C@H]2CC(C)(C)C(C(=O)N[C@@H]3CCCc4ccccc43)N2C1=O)N(C)C(=O)OC(C)(C)C.O=CC(F)(F)F. The van der Waals surface area contributed by atoms with Gasteiger partial charge in [-0.25, -0.2) is 4.79 Å². The minimum atomic E-state index is -4.64. The van der Waals surface area contributed by atoms with Crippen molar-refractivity contribution in [3.8, 4) is 0 Å². The summed E-state index contributed by atoms with van der Waals surface area (Å²) in [5, 5.41) is 12.0. The fourth-order valence-electron chi connectivity index (χ4n) is 12.4. The number of amides is 7. The van der Waals surface area contributed by atoms with Gasteiger partial charge in [-0.2, -0.15) is 13.2 Å². The largest absolute Gasteiger partial charge is 0.446 e. The summed E-state index contributed by atoms with van der Waals surface area (Å²) in [6.45, 7) is 18.3. The van der Waals surface area contributed by atoms with E-state index in [9.17, 15) is 56.3 Å². The van der Waals surface area contributed by atoms with Crippen molar-refractivity contribution in [2.45, 2.75) is 226 Å². The Labute approximate surface area is 480 Å². The lowest BCUT2D eigenvalue weighted by molar-refractivity contribution is -0.156. The van der Waals surface area contributed by atoms with Crippen LogP contribution in [0, 0.1) is 16.7 Å². The fourth-order valence-corrected chi connectivity index (χ4v) is 12.4. The molecule has 4 N–H and O–H groups in total. The van der Waals surface area contributed by atoms with Gasteiger partial charge in [0.25, 0.3) is 0 Å². The molecule has 4 fully saturated rings. The number of carbonyl (C=O) groups excluding carboxylic acids is 10. The third kappa shape index (κ3) is 15.9. The quantitative estimate of drug-likeness (QED) is 0.168. The van der Waals surface area contributed by atoms with Gasteiger partial charge in [0.2, 0.25) is 41.7 Å². The van der Waals surface area contributed by atoms with Crippen LogP contribution in [0.1, 0.15) is 182 Å². The van der Waals surface area contributed by atoms with Crippen molar-refractivity contribution in [3.05, 3.63) is 70.8 Å². The predicted octanol–water partition coefficient (Wildman–Crippen LogP) is 7.73. The van der Waals surface area contributed by atoms with Crippen LogP contribution in [0.5, 0.6) is 0 Å². The van der Waals surface area contributed by atoms with E-state index in [0.717, 1.165) is 54.6 Å². The summed E-state index contributed by atoms with van der Waals surface area (Å²) >= 11 is 0. The molecule has 0 spiro atoms. The molecule has 18 nitrogen and oxygen atoms in total. The molecule has 0 radical (unpaired) electrons. The molecule has 21 heteroatoms. The highest BCUT2D eigenvalue weighted by atomic mass is 19.4. The maximum atomic E-state index is 14.0. The van der Waals surface area contributed by atoms with Gasteiger partial charge in [0, 0.05) is 50.7 Å². The van der Waals surface area contributed by atoms with E-state index in [4.69, 9.17) is 9.53 Å². The number of aryl methyl sites for hydroxylation is 2. The van der Waals surface area contributed by atoms with E-state index in [1.54, 1.807) is 37.5 Å². The topological polar surface area (TPSA) is 238 Å². The number of hydrogen-bond acceptors (Lipinski definition) is 11. The Kier molecular flexibility index (Phi) is 21.5. The molecule has 10 atom stereocenters. The molecule has 0 aromatic heterocycles. The summed E-state index contributed by atoms with van der Waals surface area (Å²) in [5.74, 6) is -2.45. The smallest absolute Gasteiger partial charge is 0.444 e. The number of Topliss-reactive ketones (excluding diaryl/α,β-unsaturated/α-hetero) is 2. The highest BCUT2D eigenvalue weighted by Gasteiger charge is 2.57. The van der Waals surface area contributed by atoms with Gasteiger partial charge in [0.15, 0.2) is 0 Å². The number of alkyl halides is 3. The number of likely N-dealkylation sites (N-methyl/N-ethyl adjacent to an activating group) is 1. The van der Waals surface area contributed by atoms with E-state index in [-0.39, 0.29) is 92.3 Å². The molecule has 0 bridgehead atoms. The molecule has 0 saturated carbocycles. The summed E-state index contributed by atoms with van der Waals surface area (Å²) in [6.07, 6.45) is 1.13. The Bertz CT molecular complexity index is 2720. The number of benzene rings is 2. The van der Waals surface area contributed by atoms with Gasteiger partial charge < -0.3 is 35.8 Å². The molecule has 6 aliphatic rings. The van der Waals surface area contributed by atoms with Crippen molar-refractivity contribution < 1.29 is 65.9 Å². The lowest BCUT2D eigenvalue weighted by atomic mass is 9.81. The lowest BCUT2D eigenvalue weighted by Crippen LogP contribution is -2.58. The molecule has 8 rings (SSSR count). The number of fused-ring (bicyclic) bond motifs is 4. The van der Waals surface area contributed by atoms with Crippen LogP contribution in [0.2, 0.25) is 0 Å². The van der Waals surface area contributed by atoms with Crippen LogP contribution in [0.4, 0.5) is 18.0 Å². The normalized spacial score (nSPS) is 26.0. The van der Waals surface area contributed by atoms with Crippen LogP contribution in [0.15, 0.2) is 48.5 Å². The van der Waals surface area contributed by atoms with Gasteiger partial charge in [-0.15, -0.1) is 0 Å². The second kappa shape index (κ2) is 26.7. The van der Waals surface area contributed by atoms with Crippen molar-refractivity contribution in [2.75, 3.05) is 7.05 Å². The zero-order valence-electron chi connectivity index (χ0n) is 48.6. The van der Waals surface area contributed by atoms with Crippen LogP contribution in [0.25, 0.3) is 0 Å². The van der Waals surface area contributed by atoms with Crippen LogP contribution in [-0.4, -0.2) is 135 Å². The second-order valence-electron chi connectivity index (χ2n) is 25.0. The zero-order chi connectivity index (χ0) is 60.1. The van der Waals surface area contributed by atoms with Crippen LogP contribution in [0.3, 0.4) is 0 Å². The molecular weight excluding hydrogens is 1060 g/mol. The molecular formula is C61H86F3N7O11. The van der Waals surface area contributed by atoms with E-state index in [1.165, 1.54) is 25.1 Å². The summed E-state index contributed by atoms with van der Waals surface area (Å²) in [5.41, 5.74) is 2.92. The molecule has 7 amide bonds. The number of nitrogens with one attached hydrogen (secondary N) is 4. The molecule has 2 aromatic carbocycles. The molecule has 82 heavy (non-hydrogen) atoms. The second-order valence-corrected chi connectivity index (χ2v) is 25.0. The van der Waals surface area contributed by atoms with Gasteiger partial charge in [0.1, 0.15) is 47.4 Å². The Hall–Kier alpha value is -6.67. The number of ketones is 2. The Balaban J connectivity index is 0.000000274. The predicted molar refractivity (Wildman–Crippen MR) is 300 cm³/mol. The van der Waals surface area contributed by atoms with Crippen LogP contribution in [-0.2, 0) is 60.7 Å². The van der Waals surface area contributed by atoms with E-state index in [0.29, 0.717) is 19.3 Å². The zero-order valence-corrected chi connectivity index (χ0v) is 48.6. The third-order valence-electron chi connectivity index (χ3n) is 16.6. The number of hydrogen-bond donors (Lipinski definition) is 4. The molecule has 2 unspecified atom stereocenters. The number of ether oxygens (including phenoxy) is 1. The summed E-state index contributed by atoms with van der Waals surface area (Å²) in [6, 6.07) is 10.8. The van der Waals surface area contributed by atoms with Crippen molar-refractivity contribution >= 4 is 59.4 Å². The number of rotatable bonds is 10. The summed E-state index contributed by atoms with van der Waals surface area (Å²) < 4.78 is 36.6. The van der Waals surface area contributed by atoms with Crippen molar-refractivity contribution in [1.29, 1.82) is 0 Å². The Morgan fingerprint density at radius 3 is 1.44 bits per heavy atom. The van der Waals surface area contributed by atoms with Crippen molar-refractivity contribution in [2.24, 2.45) is 16.7 Å². The molecule has 4 heterocycles. The van der Waals surface area contributed by atoms with E-state index >= 15 is 0 Å². The van der Waals surface area contributed by atoms with Gasteiger partial charge in [-0.3, -0.25) is 48.1 Å². The Morgan fingerprint density at radius 2 is 1.06 bits per heavy atom. The highest BCUT2D eigenvalue weighted by molar-refractivity contribution is 6.00. The Morgan fingerprint density at radius 1 is 0.671 bits per heavy atom. The first kappa shape index (κ1) is 66.1. The molecule has 2 aromatic rings. The average molecular weight is 1150 g/mol. The third-order valence-corrected chi connectivity index (χ3v) is 16.6. The lowest BCUT2D eigenvalue weighted by Gasteiger charge is -2.36. The number of nitrogens with zero attached hydrogens (tertiary/aromatic N) is 3. The van der Waals surface area contributed by atoms with Gasteiger partial charge in [-0.1, -0.05) is 97.5 Å². The first-order chi connectivity index (χ1) is 37.8. The number of halogens is 3. The molecule has 4 saturated heterocycles. The minimum Gasteiger partial charge on any atom is -0.444 e. The molecule has 452 valence electrons. The monoisotopic (exact) mass is 1150 g/mol. The average Bonchev–Trinajstić information content (AvgIpc) is 3.94. The maximum absolute atomic E-state index is 14.0. The van der Waals surface area contributed by atoms with Gasteiger partial charge >= 0.3 is 12.3 Å². The van der Waals surface area contributed by atoms with Crippen molar-refractivity contribution in [3.63, 3.8) is 0 Å². The maximum Gasteiger partial charge on any atom is 0.446 e. The minimum absolute atomic E-state index is 0. The molecule has 2 aliphatic carbocycles. The van der Waals surface area contributed by atoms with Crippen LogP contribution >= 0.6 is 0 Å². The first-order valence-electron chi connectivity index (χ1n) is 28.3. The van der Waals surface area contributed by atoms with E-state index in [2.05, 4.69) is 39.5 Å². The first-order valence-corrected chi connectivity index (χ1v) is 28.3. The molecule has 4 aliphatic heterocycles. The summed E-state index contributed by atoms with van der Waals surface area (Å²) in [7, 11) is 1.45. The van der Waals surface area contributed by atoms with Crippen molar-refractivity contribution in [1.82, 2.24) is 36.0 Å². The van der Waals surface area contributed by atoms with E-state index < -0.39 is 83.1 Å². The van der Waals surface area contributed by atoms with E-state index in [1.807, 2.05) is 65.0 Å². The highest BCUT2D eigenvalue weighted by Crippen LogP contribution is 2.46. The summed E-state index contributed by atoms with van der Waals surface area (Å²) in [4.78, 5) is 132. The number of aldehydes is 1. The number of carbonyl (C=O) groups is 10. The van der Waals surface area contributed by atoms with Gasteiger partial charge in [-0.05, 0) is 119 Å². The standard InChI is InChI=1S/C31H44N4O6.C27H37N3O4.C2HF3O.CH4/c1-18(34(7)29(40)41-30(2,3)4)26(37)33-24-16-21(36)15-20-17-31(5,6)25(35(20)28(24)39)27(38)32-23-14-10-12-19-11-8-9-13-22(19)23;1-5-16(2)24(32)29-22-14-19(31)13-18-15-27(3,4)23(30(18)26(22)34)25(33)28-21-12-8-10-17-9-6-7-11-20(17)21;3-2(4,5)1-6;/h8-9,11,13,18,20,23-25H,10,12,14-17H2,1-7H3,(H,32,38)(H,33,37);6-7,9,11,16,18,21-23H,5,8,10,12-15H2,1-4H3,(H,28,33)(H,29,32);1H;1H4/t18-,20-,23+,24-,25?;16-,18+,21-,22+,23?;;/m01../s1. The van der Waals surface area contributed by atoms with Gasteiger partial charge in [0.05, 0.1) is 12.1 Å². The van der Waals surface area contributed by atoms with Crippen LogP contribution < -0.4 is 21.3 Å².